The lowest BCUT2D eigenvalue weighted by atomic mass is 10.2. The number of carbonyl (C=O) groups is 1. The van der Waals surface area contributed by atoms with E-state index in [0.29, 0.717) is 6.42 Å². The van der Waals surface area contributed by atoms with Gasteiger partial charge >= 0.3 is 5.97 Å². The van der Waals surface area contributed by atoms with Gasteiger partial charge in [0, 0.05) is 11.1 Å². The molecule has 0 aliphatic rings. The van der Waals surface area contributed by atoms with Crippen molar-refractivity contribution in [1.82, 2.24) is 9.97 Å². The molecule has 20 heavy (non-hydrogen) atoms. The number of hydrogen-bond acceptors (Lipinski definition) is 4. The highest BCUT2D eigenvalue weighted by Crippen LogP contribution is 2.29. The van der Waals surface area contributed by atoms with Gasteiger partial charge in [-0.25, -0.2) is 9.78 Å². The molecule has 0 bridgehead atoms. The van der Waals surface area contributed by atoms with Crippen molar-refractivity contribution in [2.24, 2.45) is 0 Å². The second-order valence-electron chi connectivity index (χ2n) is 3.84. The molecule has 1 heterocycles. The Hall–Kier alpha value is -2.21. The van der Waals surface area contributed by atoms with Gasteiger partial charge in [0.25, 0.3) is 5.88 Å². The van der Waals surface area contributed by atoms with Crippen molar-refractivity contribution in [3.8, 4) is 11.6 Å². The number of carboxylic acid groups (broad SMARTS) is 1. The number of aromatic carboxylic acids is 1. The Morgan fingerprint density at radius 3 is 2.85 bits per heavy atom. The van der Waals surface area contributed by atoms with E-state index in [9.17, 15) is 9.18 Å². The summed E-state index contributed by atoms with van der Waals surface area (Å²) in [7, 11) is 0. The Balaban J connectivity index is 2.44. The molecular weight excluding hydrogens is 287 g/mol. The first kappa shape index (κ1) is 14.2. The zero-order valence-electron chi connectivity index (χ0n) is 10.4. The normalized spacial score (nSPS) is 10.3. The van der Waals surface area contributed by atoms with Crippen molar-refractivity contribution < 1.29 is 19.0 Å². The summed E-state index contributed by atoms with van der Waals surface area (Å²) in [6.45, 7) is 1.73. The molecule has 7 heteroatoms. The summed E-state index contributed by atoms with van der Waals surface area (Å²) < 4.78 is 19.2. The van der Waals surface area contributed by atoms with Gasteiger partial charge in [-0.05, 0) is 18.6 Å². The number of benzene rings is 1. The zero-order valence-corrected chi connectivity index (χ0v) is 11.2. The lowest BCUT2D eigenvalue weighted by Gasteiger charge is -2.09. The molecule has 1 N–H and O–H groups in total. The van der Waals surface area contributed by atoms with Crippen LogP contribution in [0.2, 0.25) is 5.02 Å². The van der Waals surface area contributed by atoms with Gasteiger partial charge in [-0.3, -0.25) is 0 Å². The second-order valence-corrected chi connectivity index (χ2v) is 4.28. The molecule has 2 rings (SSSR count). The predicted molar refractivity (Wildman–Crippen MR) is 69.9 cm³/mol. The average Bonchev–Trinajstić information content (AvgIpc) is 2.41. The van der Waals surface area contributed by atoms with Crippen molar-refractivity contribution >= 4 is 17.6 Å². The summed E-state index contributed by atoms with van der Waals surface area (Å²) >= 11 is 5.79. The minimum Gasteiger partial charge on any atom is -0.478 e. The van der Waals surface area contributed by atoms with Crippen molar-refractivity contribution in [2.75, 3.05) is 0 Å². The largest absolute Gasteiger partial charge is 0.478 e. The number of rotatable bonds is 4. The van der Waals surface area contributed by atoms with Gasteiger partial charge in [0.1, 0.15) is 17.6 Å². The molecule has 1 aromatic carbocycles. The minimum absolute atomic E-state index is 0.0790. The van der Waals surface area contributed by atoms with Crippen LogP contribution in [0, 0.1) is 5.82 Å². The van der Waals surface area contributed by atoms with E-state index >= 15 is 0 Å². The van der Waals surface area contributed by atoms with Crippen LogP contribution in [0.4, 0.5) is 4.39 Å². The highest BCUT2D eigenvalue weighted by Gasteiger charge is 2.17. The lowest BCUT2D eigenvalue weighted by Crippen LogP contribution is -2.03. The van der Waals surface area contributed by atoms with Crippen LogP contribution in [0.3, 0.4) is 0 Å². The van der Waals surface area contributed by atoms with Gasteiger partial charge in [-0.15, -0.1) is 0 Å². The number of aromatic nitrogens is 2. The van der Waals surface area contributed by atoms with Crippen molar-refractivity contribution in [3.63, 3.8) is 0 Å². The molecule has 0 aliphatic heterocycles. The Bertz CT molecular complexity index is 664. The minimum atomic E-state index is -1.21. The molecule has 0 fully saturated rings. The SMILES string of the molecule is CCc1ncnc(Oc2cc(Cl)ccc2C(=O)O)c1F. The standard InChI is InChI=1S/C13H10ClFN2O3/c1-2-9-11(15)12(17-6-16-9)20-10-5-7(14)3-4-8(10)13(18)19/h3-6H,2H2,1H3,(H,18,19). The topological polar surface area (TPSA) is 72.3 Å². The molecule has 0 atom stereocenters. The highest BCUT2D eigenvalue weighted by atomic mass is 35.5. The van der Waals surface area contributed by atoms with E-state index in [1.165, 1.54) is 18.2 Å². The van der Waals surface area contributed by atoms with Crippen LogP contribution in [0.1, 0.15) is 23.0 Å². The molecule has 0 aliphatic carbocycles. The van der Waals surface area contributed by atoms with Crippen LogP contribution in [0.5, 0.6) is 11.6 Å². The van der Waals surface area contributed by atoms with Gasteiger partial charge in [0.2, 0.25) is 5.82 Å². The van der Waals surface area contributed by atoms with Gasteiger partial charge in [-0.2, -0.15) is 9.37 Å². The van der Waals surface area contributed by atoms with E-state index in [0.717, 1.165) is 6.33 Å². The quantitative estimate of drug-likeness (QED) is 0.937. The van der Waals surface area contributed by atoms with Crippen LogP contribution >= 0.6 is 11.6 Å². The van der Waals surface area contributed by atoms with E-state index in [1.54, 1.807) is 6.92 Å². The Kier molecular flexibility index (Phi) is 4.14. The van der Waals surface area contributed by atoms with Gasteiger partial charge < -0.3 is 9.84 Å². The lowest BCUT2D eigenvalue weighted by molar-refractivity contribution is 0.0694. The molecule has 0 saturated carbocycles. The van der Waals surface area contributed by atoms with Crippen molar-refractivity contribution in [3.05, 3.63) is 46.6 Å². The number of halogens is 2. The van der Waals surface area contributed by atoms with Crippen LogP contribution in [-0.2, 0) is 6.42 Å². The molecule has 0 spiro atoms. The van der Waals surface area contributed by atoms with Gasteiger partial charge in [0.15, 0.2) is 0 Å². The number of aryl methyl sites for hydroxylation is 1. The van der Waals surface area contributed by atoms with E-state index < -0.39 is 11.8 Å². The van der Waals surface area contributed by atoms with Crippen LogP contribution in [-0.4, -0.2) is 21.0 Å². The predicted octanol–water partition coefficient (Wildman–Crippen LogP) is 3.32. The average molecular weight is 297 g/mol. The number of carboxylic acids is 1. The first-order valence-corrected chi connectivity index (χ1v) is 6.10. The molecule has 5 nitrogen and oxygen atoms in total. The third kappa shape index (κ3) is 2.85. The molecule has 1 aromatic heterocycles. The maximum absolute atomic E-state index is 14.0. The third-order valence-corrected chi connectivity index (χ3v) is 2.78. The molecule has 0 unspecified atom stereocenters. The summed E-state index contributed by atoms with van der Waals surface area (Å²) in [4.78, 5) is 18.5. The Labute approximate surface area is 119 Å². The summed E-state index contributed by atoms with van der Waals surface area (Å²) in [6.07, 6.45) is 1.52. The Morgan fingerprint density at radius 1 is 1.45 bits per heavy atom. The summed E-state index contributed by atoms with van der Waals surface area (Å²) in [5, 5.41) is 9.33. The van der Waals surface area contributed by atoms with E-state index in [4.69, 9.17) is 21.4 Å². The number of hydrogen-bond donors (Lipinski definition) is 1. The summed E-state index contributed by atoms with van der Waals surface area (Å²) in [5.41, 5.74) is 0.0550. The second kappa shape index (κ2) is 5.83. The number of ether oxygens (including phenoxy) is 1. The molecule has 2 aromatic rings. The maximum Gasteiger partial charge on any atom is 0.339 e. The van der Waals surface area contributed by atoms with Crippen molar-refractivity contribution in [2.45, 2.75) is 13.3 Å². The van der Waals surface area contributed by atoms with E-state index in [2.05, 4.69) is 9.97 Å². The highest BCUT2D eigenvalue weighted by molar-refractivity contribution is 6.30. The van der Waals surface area contributed by atoms with E-state index in [-0.39, 0.29) is 27.9 Å². The van der Waals surface area contributed by atoms with Crippen LogP contribution < -0.4 is 4.74 Å². The molecule has 0 saturated heterocycles. The van der Waals surface area contributed by atoms with Gasteiger partial charge in [-0.1, -0.05) is 18.5 Å². The van der Waals surface area contributed by atoms with Gasteiger partial charge in [0.05, 0.1) is 5.69 Å². The fourth-order valence-corrected chi connectivity index (χ4v) is 1.73. The first-order valence-electron chi connectivity index (χ1n) is 5.73. The monoisotopic (exact) mass is 296 g/mol. The smallest absolute Gasteiger partial charge is 0.339 e. The number of nitrogens with zero attached hydrogens (tertiary/aromatic N) is 2. The summed E-state index contributed by atoms with van der Waals surface area (Å²) in [5.74, 6) is -2.33. The molecular formula is C13H10ClFN2O3. The fraction of sp³-hybridized carbons (Fsp3) is 0.154. The zero-order chi connectivity index (χ0) is 14.7. The molecule has 0 radical (unpaired) electrons. The summed E-state index contributed by atoms with van der Waals surface area (Å²) in [6, 6.07) is 3.98. The first-order chi connectivity index (χ1) is 9.52. The fourth-order valence-electron chi connectivity index (χ4n) is 1.57. The van der Waals surface area contributed by atoms with Crippen LogP contribution in [0.15, 0.2) is 24.5 Å². The van der Waals surface area contributed by atoms with E-state index in [1.807, 2.05) is 0 Å². The van der Waals surface area contributed by atoms with Crippen molar-refractivity contribution in [1.29, 1.82) is 0 Å². The van der Waals surface area contributed by atoms with Crippen LogP contribution in [0.25, 0.3) is 0 Å². The Morgan fingerprint density at radius 2 is 2.20 bits per heavy atom. The molecule has 0 amide bonds. The third-order valence-electron chi connectivity index (χ3n) is 2.55. The molecule has 104 valence electrons. The maximum atomic E-state index is 14.0.